The van der Waals surface area contributed by atoms with E-state index in [0.29, 0.717) is 5.69 Å². The maximum Gasteiger partial charge on any atom is 0.332 e. The standard InChI is InChI=1S/C14H20N2O3/c1-4-19-14(18)12(15)13(17)16-11-8-6-5-7-10(11)9(2)3/h5-9,12H,4,15H2,1-3H3,(H,16,17). The number of amides is 1. The minimum absolute atomic E-state index is 0.197. The highest BCUT2D eigenvalue weighted by molar-refractivity contribution is 6.08. The molecule has 5 nitrogen and oxygen atoms in total. The van der Waals surface area contributed by atoms with E-state index >= 15 is 0 Å². The fourth-order valence-electron chi connectivity index (χ4n) is 1.66. The van der Waals surface area contributed by atoms with Gasteiger partial charge in [0, 0.05) is 5.69 Å². The molecule has 0 bridgehead atoms. The Morgan fingerprint density at radius 1 is 1.32 bits per heavy atom. The molecule has 1 aromatic rings. The van der Waals surface area contributed by atoms with Gasteiger partial charge in [-0.1, -0.05) is 32.0 Å². The Morgan fingerprint density at radius 2 is 1.95 bits per heavy atom. The molecule has 0 spiro atoms. The molecule has 5 heteroatoms. The maximum absolute atomic E-state index is 11.9. The molecule has 1 unspecified atom stereocenters. The molecular weight excluding hydrogens is 244 g/mol. The second-order valence-electron chi connectivity index (χ2n) is 4.46. The number of rotatable bonds is 5. The number of nitrogens with one attached hydrogen (secondary N) is 1. The average molecular weight is 264 g/mol. The molecule has 0 saturated heterocycles. The first kappa shape index (κ1) is 15.2. The molecule has 1 amide bonds. The largest absolute Gasteiger partial charge is 0.464 e. The van der Waals surface area contributed by atoms with Gasteiger partial charge >= 0.3 is 5.97 Å². The molecule has 0 heterocycles. The van der Waals surface area contributed by atoms with Crippen LogP contribution in [0, 0.1) is 0 Å². The van der Waals surface area contributed by atoms with E-state index in [2.05, 4.69) is 5.32 Å². The van der Waals surface area contributed by atoms with Crippen LogP contribution in [-0.4, -0.2) is 24.5 Å². The van der Waals surface area contributed by atoms with Crippen LogP contribution in [0.1, 0.15) is 32.3 Å². The molecule has 1 rings (SSSR count). The van der Waals surface area contributed by atoms with Crippen LogP contribution in [0.5, 0.6) is 0 Å². The first-order valence-corrected chi connectivity index (χ1v) is 6.29. The Bertz CT molecular complexity index is 458. The van der Waals surface area contributed by atoms with Gasteiger partial charge in [-0.05, 0) is 24.5 Å². The summed E-state index contributed by atoms with van der Waals surface area (Å²) < 4.78 is 4.72. The normalized spacial score (nSPS) is 12.1. The molecule has 19 heavy (non-hydrogen) atoms. The van der Waals surface area contributed by atoms with E-state index in [1.807, 2.05) is 32.0 Å². The number of hydrogen-bond donors (Lipinski definition) is 2. The lowest BCUT2D eigenvalue weighted by molar-refractivity contribution is -0.146. The molecule has 1 atom stereocenters. The van der Waals surface area contributed by atoms with Crippen molar-refractivity contribution in [2.75, 3.05) is 11.9 Å². The van der Waals surface area contributed by atoms with E-state index in [0.717, 1.165) is 5.56 Å². The third-order valence-electron chi connectivity index (χ3n) is 2.66. The first-order valence-electron chi connectivity index (χ1n) is 6.29. The summed E-state index contributed by atoms with van der Waals surface area (Å²) in [7, 11) is 0. The predicted molar refractivity (Wildman–Crippen MR) is 73.8 cm³/mol. The van der Waals surface area contributed by atoms with Crippen LogP contribution in [0.3, 0.4) is 0 Å². The van der Waals surface area contributed by atoms with Crippen LogP contribution < -0.4 is 11.1 Å². The average Bonchev–Trinajstić information content (AvgIpc) is 2.38. The highest BCUT2D eigenvalue weighted by Gasteiger charge is 2.24. The fourth-order valence-corrected chi connectivity index (χ4v) is 1.66. The summed E-state index contributed by atoms with van der Waals surface area (Å²) in [5.41, 5.74) is 7.20. The van der Waals surface area contributed by atoms with Gasteiger partial charge in [0.25, 0.3) is 5.91 Å². The van der Waals surface area contributed by atoms with E-state index in [1.54, 1.807) is 13.0 Å². The van der Waals surface area contributed by atoms with Crippen LogP contribution in [-0.2, 0) is 14.3 Å². The third kappa shape index (κ3) is 4.06. The van der Waals surface area contributed by atoms with Crippen molar-refractivity contribution < 1.29 is 14.3 Å². The van der Waals surface area contributed by atoms with Gasteiger partial charge in [0.05, 0.1) is 6.61 Å². The molecule has 104 valence electrons. The lowest BCUT2D eigenvalue weighted by Gasteiger charge is -2.15. The molecule has 0 aliphatic heterocycles. The quantitative estimate of drug-likeness (QED) is 0.625. The van der Waals surface area contributed by atoms with E-state index in [-0.39, 0.29) is 12.5 Å². The number of benzene rings is 1. The Morgan fingerprint density at radius 3 is 2.53 bits per heavy atom. The van der Waals surface area contributed by atoms with E-state index in [4.69, 9.17) is 10.5 Å². The monoisotopic (exact) mass is 264 g/mol. The molecule has 0 aliphatic rings. The summed E-state index contributed by atoms with van der Waals surface area (Å²) in [6.07, 6.45) is 0. The van der Waals surface area contributed by atoms with Gasteiger partial charge in [-0.15, -0.1) is 0 Å². The molecule has 0 saturated carbocycles. The number of para-hydroxylation sites is 1. The summed E-state index contributed by atoms with van der Waals surface area (Å²) in [6.45, 7) is 5.91. The van der Waals surface area contributed by atoms with E-state index < -0.39 is 17.9 Å². The lowest BCUT2D eigenvalue weighted by Crippen LogP contribution is -2.43. The first-order chi connectivity index (χ1) is 8.97. The number of hydrogen-bond acceptors (Lipinski definition) is 4. The van der Waals surface area contributed by atoms with Crippen molar-refractivity contribution >= 4 is 17.6 Å². The molecule has 3 N–H and O–H groups in total. The van der Waals surface area contributed by atoms with Crippen molar-refractivity contribution in [1.82, 2.24) is 0 Å². The zero-order valence-electron chi connectivity index (χ0n) is 11.5. The number of ether oxygens (including phenoxy) is 1. The number of anilines is 1. The van der Waals surface area contributed by atoms with Crippen LogP contribution >= 0.6 is 0 Å². The Balaban J connectivity index is 2.80. The fraction of sp³-hybridized carbons (Fsp3) is 0.429. The van der Waals surface area contributed by atoms with Crippen LogP contribution in [0.15, 0.2) is 24.3 Å². The van der Waals surface area contributed by atoms with Gasteiger partial charge in [-0.3, -0.25) is 4.79 Å². The Hall–Kier alpha value is -1.88. The van der Waals surface area contributed by atoms with Crippen molar-refractivity contribution in [1.29, 1.82) is 0 Å². The molecule has 1 aromatic carbocycles. The van der Waals surface area contributed by atoms with Gasteiger partial charge < -0.3 is 15.8 Å². The Labute approximate surface area is 113 Å². The van der Waals surface area contributed by atoms with Gasteiger partial charge in [0.15, 0.2) is 6.04 Å². The molecule has 0 aliphatic carbocycles. The van der Waals surface area contributed by atoms with Crippen LogP contribution in [0.4, 0.5) is 5.69 Å². The molecule has 0 aromatic heterocycles. The summed E-state index contributed by atoms with van der Waals surface area (Å²) in [5, 5.41) is 2.67. The second kappa shape index (κ2) is 6.89. The van der Waals surface area contributed by atoms with Crippen molar-refractivity contribution in [3.8, 4) is 0 Å². The van der Waals surface area contributed by atoms with Gasteiger partial charge in [-0.2, -0.15) is 0 Å². The van der Waals surface area contributed by atoms with Gasteiger partial charge in [0.2, 0.25) is 0 Å². The molecule has 0 fully saturated rings. The van der Waals surface area contributed by atoms with Crippen molar-refractivity contribution in [3.63, 3.8) is 0 Å². The topological polar surface area (TPSA) is 81.4 Å². The SMILES string of the molecule is CCOC(=O)C(N)C(=O)Nc1ccccc1C(C)C. The number of esters is 1. The lowest BCUT2D eigenvalue weighted by atomic mass is 10.0. The second-order valence-corrected chi connectivity index (χ2v) is 4.46. The van der Waals surface area contributed by atoms with Crippen molar-refractivity contribution in [3.05, 3.63) is 29.8 Å². The van der Waals surface area contributed by atoms with Crippen LogP contribution in [0.2, 0.25) is 0 Å². The summed E-state index contributed by atoms with van der Waals surface area (Å²) >= 11 is 0. The molecule has 0 radical (unpaired) electrons. The predicted octanol–water partition coefficient (Wildman–Crippen LogP) is 1.64. The highest BCUT2D eigenvalue weighted by Crippen LogP contribution is 2.23. The van der Waals surface area contributed by atoms with Gasteiger partial charge in [0.1, 0.15) is 0 Å². The maximum atomic E-state index is 11.9. The number of carbonyl (C=O) groups is 2. The summed E-state index contributed by atoms with van der Waals surface area (Å²) in [4.78, 5) is 23.3. The van der Waals surface area contributed by atoms with Gasteiger partial charge in [-0.25, -0.2) is 4.79 Å². The molecular formula is C14H20N2O3. The minimum Gasteiger partial charge on any atom is -0.464 e. The summed E-state index contributed by atoms with van der Waals surface area (Å²) in [5.74, 6) is -1.02. The third-order valence-corrected chi connectivity index (χ3v) is 2.66. The van der Waals surface area contributed by atoms with Crippen molar-refractivity contribution in [2.24, 2.45) is 5.73 Å². The Kier molecular flexibility index (Phi) is 5.51. The number of carbonyl (C=O) groups excluding carboxylic acids is 2. The summed E-state index contributed by atoms with van der Waals surface area (Å²) in [6, 6.07) is 6.12. The minimum atomic E-state index is -1.31. The zero-order valence-corrected chi connectivity index (χ0v) is 11.5. The smallest absolute Gasteiger partial charge is 0.332 e. The van der Waals surface area contributed by atoms with Crippen molar-refractivity contribution in [2.45, 2.75) is 32.7 Å². The number of nitrogens with two attached hydrogens (primary N) is 1. The highest BCUT2D eigenvalue weighted by atomic mass is 16.5. The zero-order chi connectivity index (χ0) is 14.4. The van der Waals surface area contributed by atoms with Crippen LogP contribution in [0.25, 0.3) is 0 Å². The van der Waals surface area contributed by atoms with E-state index in [1.165, 1.54) is 0 Å². The van der Waals surface area contributed by atoms with E-state index in [9.17, 15) is 9.59 Å².